The van der Waals surface area contributed by atoms with Gasteiger partial charge >= 0.3 is 6.03 Å². The SMILES string of the molecule is CCCCCNC(=O)NCc1cnn(-c2ccccc2)c1. The first-order chi connectivity index (χ1) is 10.3. The van der Waals surface area contributed by atoms with Crippen molar-refractivity contribution in [1.82, 2.24) is 20.4 Å². The average molecular weight is 286 g/mol. The molecule has 0 aliphatic heterocycles. The molecule has 0 fully saturated rings. The van der Waals surface area contributed by atoms with Crippen LogP contribution in [0.2, 0.25) is 0 Å². The van der Waals surface area contributed by atoms with Gasteiger partial charge in [-0.1, -0.05) is 38.0 Å². The van der Waals surface area contributed by atoms with Crippen molar-refractivity contribution in [2.24, 2.45) is 0 Å². The van der Waals surface area contributed by atoms with Crippen LogP contribution in [0.5, 0.6) is 0 Å². The maximum Gasteiger partial charge on any atom is 0.315 e. The smallest absolute Gasteiger partial charge is 0.315 e. The predicted octanol–water partition coefficient (Wildman–Crippen LogP) is 2.86. The molecule has 0 atom stereocenters. The molecule has 2 N–H and O–H groups in total. The number of hydrogen-bond acceptors (Lipinski definition) is 2. The maximum absolute atomic E-state index is 11.6. The standard InChI is InChI=1S/C16H22N4O/c1-2-3-7-10-17-16(21)18-11-14-12-19-20(13-14)15-8-5-4-6-9-15/h4-6,8-9,12-13H,2-3,7,10-11H2,1H3,(H2,17,18,21). The molecule has 1 aromatic carbocycles. The van der Waals surface area contributed by atoms with Crippen LogP contribution in [0.1, 0.15) is 31.7 Å². The summed E-state index contributed by atoms with van der Waals surface area (Å²) < 4.78 is 1.80. The van der Waals surface area contributed by atoms with Gasteiger partial charge in [0.1, 0.15) is 0 Å². The summed E-state index contributed by atoms with van der Waals surface area (Å²) in [5.74, 6) is 0. The van der Waals surface area contributed by atoms with Gasteiger partial charge in [-0.25, -0.2) is 9.48 Å². The molecule has 0 spiro atoms. The van der Waals surface area contributed by atoms with Crippen molar-refractivity contribution in [2.75, 3.05) is 6.54 Å². The summed E-state index contributed by atoms with van der Waals surface area (Å²) in [6.07, 6.45) is 7.01. The molecule has 0 radical (unpaired) electrons. The zero-order valence-electron chi connectivity index (χ0n) is 12.4. The van der Waals surface area contributed by atoms with E-state index < -0.39 is 0 Å². The fourth-order valence-electron chi connectivity index (χ4n) is 2.00. The monoisotopic (exact) mass is 286 g/mol. The summed E-state index contributed by atoms with van der Waals surface area (Å²) in [4.78, 5) is 11.6. The van der Waals surface area contributed by atoms with E-state index >= 15 is 0 Å². The fourth-order valence-corrected chi connectivity index (χ4v) is 2.00. The summed E-state index contributed by atoms with van der Waals surface area (Å²) in [7, 11) is 0. The molecule has 1 heterocycles. The highest BCUT2D eigenvalue weighted by atomic mass is 16.2. The van der Waals surface area contributed by atoms with Crippen molar-refractivity contribution in [3.8, 4) is 5.69 Å². The van der Waals surface area contributed by atoms with E-state index in [4.69, 9.17) is 0 Å². The Morgan fingerprint density at radius 1 is 1.19 bits per heavy atom. The number of amides is 2. The van der Waals surface area contributed by atoms with Gasteiger partial charge in [0.25, 0.3) is 0 Å². The summed E-state index contributed by atoms with van der Waals surface area (Å²) in [5, 5.41) is 9.98. The quantitative estimate of drug-likeness (QED) is 0.769. The second kappa shape index (κ2) is 8.09. The number of carbonyl (C=O) groups excluding carboxylic acids is 1. The van der Waals surface area contributed by atoms with Crippen LogP contribution in [0, 0.1) is 0 Å². The summed E-state index contributed by atoms with van der Waals surface area (Å²) >= 11 is 0. The van der Waals surface area contributed by atoms with Crippen molar-refractivity contribution in [1.29, 1.82) is 0 Å². The maximum atomic E-state index is 11.6. The van der Waals surface area contributed by atoms with E-state index in [2.05, 4.69) is 22.7 Å². The summed E-state index contributed by atoms with van der Waals surface area (Å²) in [6, 6.07) is 9.77. The molecule has 2 amide bonds. The lowest BCUT2D eigenvalue weighted by Gasteiger charge is -2.06. The Kier molecular flexibility index (Phi) is 5.82. The molecule has 0 bridgehead atoms. The van der Waals surface area contributed by atoms with Crippen molar-refractivity contribution < 1.29 is 4.79 Å². The minimum absolute atomic E-state index is 0.126. The summed E-state index contributed by atoms with van der Waals surface area (Å²) in [6.45, 7) is 3.35. The van der Waals surface area contributed by atoms with Crippen LogP contribution in [-0.2, 0) is 6.54 Å². The van der Waals surface area contributed by atoms with Crippen molar-refractivity contribution in [2.45, 2.75) is 32.7 Å². The molecular formula is C16H22N4O. The number of aromatic nitrogens is 2. The molecule has 0 saturated heterocycles. The van der Waals surface area contributed by atoms with Gasteiger partial charge < -0.3 is 10.6 Å². The van der Waals surface area contributed by atoms with Crippen LogP contribution in [0.25, 0.3) is 5.69 Å². The first kappa shape index (κ1) is 15.1. The highest BCUT2D eigenvalue weighted by Gasteiger charge is 2.03. The second-order valence-electron chi connectivity index (χ2n) is 4.95. The van der Waals surface area contributed by atoms with E-state index in [0.717, 1.165) is 37.1 Å². The Morgan fingerprint density at radius 3 is 2.76 bits per heavy atom. The third-order valence-corrected chi connectivity index (χ3v) is 3.18. The lowest BCUT2D eigenvalue weighted by Crippen LogP contribution is -2.35. The molecule has 0 aliphatic rings. The normalized spacial score (nSPS) is 10.3. The van der Waals surface area contributed by atoms with Crippen LogP contribution in [0.3, 0.4) is 0 Å². The number of urea groups is 1. The number of benzene rings is 1. The fraction of sp³-hybridized carbons (Fsp3) is 0.375. The van der Waals surface area contributed by atoms with E-state index in [1.54, 1.807) is 10.9 Å². The highest BCUT2D eigenvalue weighted by Crippen LogP contribution is 2.07. The second-order valence-corrected chi connectivity index (χ2v) is 4.95. The van der Waals surface area contributed by atoms with Crippen LogP contribution in [0.15, 0.2) is 42.7 Å². The molecule has 2 rings (SSSR count). The van der Waals surface area contributed by atoms with E-state index in [9.17, 15) is 4.79 Å². The zero-order chi connectivity index (χ0) is 14.9. The van der Waals surface area contributed by atoms with Gasteiger partial charge in [0.05, 0.1) is 11.9 Å². The molecule has 0 aliphatic carbocycles. The molecule has 1 aromatic heterocycles. The molecule has 112 valence electrons. The van der Waals surface area contributed by atoms with E-state index in [1.165, 1.54) is 0 Å². The number of rotatable bonds is 7. The lowest BCUT2D eigenvalue weighted by molar-refractivity contribution is 0.240. The predicted molar refractivity (Wildman–Crippen MR) is 83.3 cm³/mol. The molecule has 5 nitrogen and oxygen atoms in total. The van der Waals surface area contributed by atoms with Gasteiger partial charge in [-0.2, -0.15) is 5.10 Å². The largest absolute Gasteiger partial charge is 0.338 e. The number of hydrogen-bond donors (Lipinski definition) is 2. The van der Waals surface area contributed by atoms with Crippen LogP contribution < -0.4 is 10.6 Å². The van der Waals surface area contributed by atoms with Crippen molar-refractivity contribution >= 4 is 6.03 Å². The third kappa shape index (κ3) is 4.95. The van der Waals surface area contributed by atoms with Crippen LogP contribution in [0.4, 0.5) is 4.79 Å². The Morgan fingerprint density at radius 2 is 2.00 bits per heavy atom. The molecule has 21 heavy (non-hydrogen) atoms. The topological polar surface area (TPSA) is 59.0 Å². The molecular weight excluding hydrogens is 264 g/mol. The number of carbonyl (C=O) groups is 1. The van der Waals surface area contributed by atoms with Gasteiger partial charge in [0.2, 0.25) is 0 Å². The van der Waals surface area contributed by atoms with Gasteiger partial charge in [-0.05, 0) is 18.6 Å². The third-order valence-electron chi connectivity index (χ3n) is 3.18. The van der Waals surface area contributed by atoms with Gasteiger partial charge in [-0.15, -0.1) is 0 Å². The Balaban J connectivity index is 1.77. The van der Waals surface area contributed by atoms with E-state index in [0.29, 0.717) is 6.54 Å². The van der Waals surface area contributed by atoms with Crippen LogP contribution >= 0.6 is 0 Å². The molecule has 5 heteroatoms. The Bertz CT molecular complexity index is 550. The molecule has 2 aromatic rings. The van der Waals surface area contributed by atoms with Gasteiger partial charge in [-0.3, -0.25) is 0 Å². The summed E-state index contributed by atoms with van der Waals surface area (Å²) in [5.41, 5.74) is 1.98. The van der Waals surface area contributed by atoms with Crippen molar-refractivity contribution in [3.05, 3.63) is 48.3 Å². The van der Waals surface area contributed by atoms with Crippen LogP contribution in [-0.4, -0.2) is 22.4 Å². The lowest BCUT2D eigenvalue weighted by atomic mass is 10.2. The molecule has 0 unspecified atom stereocenters. The number of nitrogens with one attached hydrogen (secondary N) is 2. The minimum atomic E-state index is -0.126. The van der Waals surface area contributed by atoms with E-state index in [-0.39, 0.29) is 6.03 Å². The number of unbranched alkanes of at least 4 members (excludes halogenated alkanes) is 2. The van der Waals surface area contributed by atoms with E-state index in [1.807, 2.05) is 36.5 Å². The first-order valence-electron chi connectivity index (χ1n) is 7.40. The van der Waals surface area contributed by atoms with Gasteiger partial charge in [0.15, 0.2) is 0 Å². The Labute approximate surface area is 125 Å². The average Bonchev–Trinajstić information content (AvgIpc) is 2.99. The van der Waals surface area contributed by atoms with Gasteiger partial charge in [0, 0.05) is 24.8 Å². The zero-order valence-corrected chi connectivity index (χ0v) is 12.4. The molecule has 0 saturated carbocycles. The highest BCUT2D eigenvalue weighted by molar-refractivity contribution is 5.73. The first-order valence-corrected chi connectivity index (χ1v) is 7.40. The number of nitrogens with zero attached hydrogens (tertiary/aromatic N) is 2. The van der Waals surface area contributed by atoms with Crippen molar-refractivity contribution in [3.63, 3.8) is 0 Å². The number of para-hydroxylation sites is 1. The Hall–Kier alpha value is -2.30. The minimum Gasteiger partial charge on any atom is -0.338 e.